The van der Waals surface area contributed by atoms with Gasteiger partial charge in [0.05, 0.1) is 0 Å². The van der Waals surface area contributed by atoms with Crippen LogP contribution in [0.25, 0.3) is 5.57 Å². The number of rotatable bonds is 4. The average Bonchev–Trinajstić information content (AvgIpc) is 2.29. The van der Waals surface area contributed by atoms with Gasteiger partial charge in [-0.1, -0.05) is 25.5 Å². The molecule has 92 valence electrons. The van der Waals surface area contributed by atoms with Crippen LogP contribution in [-0.4, -0.2) is 24.8 Å². The summed E-state index contributed by atoms with van der Waals surface area (Å²) in [5.74, 6) is 0.227. The summed E-state index contributed by atoms with van der Waals surface area (Å²) < 4.78 is 12.9. The van der Waals surface area contributed by atoms with Gasteiger partial charge in [0, 0.05) is 14.1 Å². The van der Waals surface area contributed by atoms with Gasteiger partial charge >= 0.3 is 0 Å². The molecule has 2 nitrogen and oxygen atoms in total. The van der Waals surface area contributed by atoms with Gasteiger partial charge in [-0.2, -0.15) is 0 Å². The van der Waals surface area contributed by atoms with Crippen molar-refractivity contribution in [2.75, 3.05) is 14.1 Å². The van der Waals surface area contributed by atoms with E-state index in [-0.39, 0.29) is 5.82 Å². The summed E-state index contributed by atoms with van der Waals surface area (Å²) in [6, 6.07) is 6.44. The molecule has 0 amide bonds. The van der Waals surface area contributed by atoms with Crippen molar-refractivity contribution in [2.24, 2.45) is 0 Å². The first-order valence-corrected chi connectivity index (χ1v) is 5.77. The van der Waals surface area contributed by atoms with Gasteiger partial charge in [0.2, 0.25) is 0 Å². The lowest BCUT2D eigenvalue weighted by Gasteiger charge is -2.13. The maximum absolute atomic E-state index is 12.9. The van der Waals surface area contributed by atoms with Crippen LogP contribution < -0.4 is 0 Å². The van der Waals surface area contributed by atoms with Gasteiger partial charge in [0.25, 0.3) is 0 Å². The lowest BCUT2D eigenvalue weighted by atomic mass is 10.0. The second kappa shape index (κ2) is 6.18. The van der Waals surface area contributed by atoms with Crippen molar-refractivity contribution in [1.82, 2.24) is 4.90 Å². The molecule has 1 aromatic rings. The molecule has 0 heterocycles. The maximum atomic E-state index is 12.9. The molecule has 0 aliphatic carbocycles. The summed E-state index contributed by atoms with van der Waals surface area (Å²) in [6.07, 6.45) is 3.74. The first-order chi connectivity index (χ1) is 8.04. The lowest BCUT2D eigenvalue weighted by molar-refractivity contribution is 0.622. The number of amidine groups is 1. The predicted molar refractivity (Wildman–Crippen MR) is 70.7 cm³/mol. The third-order valence-electron chi connectivity index (χ3n) is 2.53. The SMILES string of the molecule is CCC/C(=C\C(=N)N(C)C)c1ccc(F)cc1. The Morgan fingerprint density at radius 2 is 1.88 bits per heavy atom. The molecule has 0 fully saturated rings. The van der Waals surface area contributed by atoms with E-state index in [1.54, 1.807) is 17.0 Å². The van der Waals surface area contributed by atoms with E-state index in [0.717, 1.165) is 24.0 Å². The predicted octanol–water partition coefficient (Wildman–Crippen LogP) is 3.55. The highest BCUT2D eigenvalue weighted by atomic mass is 19.1. The van der Waals surface area contributed by atoms with E-state index < -0.39 is 0 Å². The third-order valence-corrected chi connectivity index (χ3v) is 2.53. The van der Waals surface area contributed by atoms with Crippen LogP contribution in [0.1, 0.15) is 25.3 Å². The smallest absolute Gasteiger partial charge is 0.123 e. The Balaban J connectivity index is 3.00. The molecule has 0 unspecified atom stereocenters. The van der Waals surface area contributed by atoms with E-state index >= 15 is 0 Å². The fourth-order valence-corrected chi connectivity index (χ4v) is 1.53. The van der Waals surface area contributed by atoms with Crippen LogP contribution in [0, 0.1) is 11.2 Å². The minimum absolute atomic E-state index is 0.229. The third kappa shape index (κ3) is 4.02. The molecule has 0 radical (unpaired) electrons. The fourth-order valence-electron chi connectivity index (χ4n) is 1.53. The van der Waals surface area contributed by atoms with Crippen molar-refractivity contribution < 1.29 is 4.39 Å². The Bertz CT molecular complexity index is 405. The van der Waals surface area contributed by atoms with E-state index in [0.29, 0.717) is 5.84 Å². The molecule has 0 atom stereocenters. The van der Waals surface area contributed by atoms with Crippen LogP contribution in [0.3, 0.4) is 0 Å². The average molecular weight is 234 g/mol. The molecule has 0 bridgehead atoms. The van der Waals surface area contributed by atoms with E-state index in [9.17, 15) is 4.39 Å². The van der Waals surface area contributed by atoms with Crippen LogP contribution in [0.5, 0.6) is 0 Å². The molecule has 0 spiro atoms. The van der Waals surface area contributed by atoms with Crippen molar-refractivity contribution >= 4 is 11.4 Å². The number of likely N-dealkylation sites (N-methyl/N-ethyl adjacent to an activating group) is 1. The fraction of sp³-hybridized carbons (Fsp3) is 0.357. The zero-order valence-corrected chi connectivity index (χ0v) is 10.6. The van der Waals surface area contributed by atoms with Gasteiger partial charge in [-0.3, -0.25) is 5.41 Å². The summed E-state index contributed by atoms with van der Waals surface area (Å²) in [5, 5.41) is 7.82. The minimum atomic E-state index is -0.229. The number of benzene rings is 1. The second-order valence-corrected chi connectivity index (χ2v) is 4.21. The van der Waals surface area contributed by atoms with Crippen molar-refractivity contribution in [3.05, 3.63) is 41.7 Å². The first-order valence-electron chi connectivity index (χ1n) is 5.77. The van der Waals surface area contributed by atoms with E-state index in [4.69, 9.17) is 5.41 Å². The maximum Gasteiger partial charge on any atom is 0.123 e. The number of allylic oxidation sites excluding steroid dienone is 1. The van der Waals surface area contributed by atoms with Crippen LogP contribution >= 0.6 is 0 Å². The number of halogens is 1. The molecular formula is C14H19FN2. The summed E-state index contributed by atoms with van der Waals surface area (Å²) in [4.78, 5) is 1.75. The van der Waals surface area contributed by atoms with Crippen LogP contribution in [0.15, 0.2) is 30.3 Å². The van der Waals surface area contributed by atoms with Crippen molar-refractivity contribution in [3.8, 4) is 0 Å². The molecule has 1 aromatic carbocycles. The Hall–Kier alpha value is -1.64. The number of hydrogen-bond acceptors (Lipinski definition) is 1. The van der Waals surface area contributed by atoms with E-state index in [1.807, 2.05) is 20.2 Å². The Morgan fingerprint density at radius 3 is 2.35 bits per heavy atom. The van der Waals surface area contributed by atoms with Crippen LogP contribution in [-0.2, 0) is 0 Å². The number of nitrogens with one attached hydrogen (secondary N) is 1. The number of hydrogen-bond donors (Lipinski definition) is 1. The van der Waals surface area contributed by atoms with E-state index in [2.05, 4.69) is 6.92 Å². The van der Waals surface area contributed by atoms with Crippen LogP contribution in [0.4, 0.5) is 4.39 Å². The molecule has 1 N–H and O–H groups in total. The standard InChI is InChI=1S/C14H19FN2/c1-4-5-12(10-14(16)17(2)3)11-6-8-13(15)9-7-11/h6-10,16H,4-5H2,1-3H3/b12-10+,16-14?. The molecule has 0 aliphatic heterocycles. The Kier molecular flexibility index (Phi) is 4.88. The monoisotopic (exact) mass is 234 g/mol. The highest BCUT2D eigenvalue weighted by Gasteiger charge is 2.04. The quantitative estimate of drug-likeness (QED) is 0.626. The van der Waals surface area contributed by atoms with Crippen LogP contribution in [0.2, 0.25) is 0 Å². The topological polar surface area (TPSA) is 27.1 Å². The second-order valence-electron chi connectivity index (χ2n) is 4.21. The van der Waals surface area contributed by atoms with E-state index in [1.165, 1.54) is 12.1 Å². The highest BCUT2D eigenvalue weighted by Crippen LogP contribution is 2.20. The molecule has 0 saturated carbocycles. The molecule has 0 aliphatic rings. The van der Waals surface area contributed by atoms with Gasteiger partial charge in [0.1, 0.15) is 11.7 Å². The Morgan fingerprint density at radius 1 is 1.29 bits per heavy atom. The molecule has 17 heavy (non-hydrogen) atoms. The summed E-state index contributed by atoms with van der Waals surface area (Å²) in [7, 11) is 3.68. The van der Waals surface area contributed by atoms with Crippen molar-refractivity contribution in [2.45, 2.75) is 19.8 Å². The summed E-state index contributed by atoms with van der Waals surface area (Å²) in [6.45, 7) is 2.09. The summed E-state index contributed by atoms with van der Waals surface area (Å²) in [5.41, 5.74) is 2.06. The zero-order chi connectivity index (χ0) is 12.8. The minimum Gasteiger partial charge on any atom is -0.363 e. The molecule has 0 saturated heterocycles. The van der Waals surface area contributed by atoms with Gasteiger partial charge in [-0.05, 0) is 35.8 Å². The normalized spacial score (nSPS) is 11.4. The molecule has 0 aromatic heterocycles. The molecule has 1 rings (SSSR count). The van der Waals surface area contributed by atoms with Gasteiger partial charge in [0.15, 0.2) is 0 Å². The lowest BCUT2D eigenvalue weighted by Crippen LogP contribution is -2.18. The van der Waals surface area contributed by atoms with Crippen molar-refractivity contribution in [3.63, 3.8) is 0 Å². The zero-order valence-electron chi connectivity index (χ0n) is 10.6. The first kappa shape index (κ1) is 13.4. The van der Waals surface area contributed by atoms with Gasteiger partial charge < -0.3 is 4.90 Å². The van der Waals surface area contributed by atoms with Crippen molar-refractivity contribution in [1.29, 1.82) is 5.41 Å². The Labute approximate surface area is 102 Å². The molecule has 3 heteroatoms. The van der Waals surface area contributed by atoms with Gasteiger partial charge in [-0.25, -0.2) is 4.39 Å². The largest absolute Gasteiger partial charge is 0.363 e. The van der Waals surface area contributed by atoms with Gasteiger partial charge in [-0.15, -0.1) is 0 Å². The number of nitrogens with zero attached hydrogens (tertiary/aromatic N) is 1. The summed E-state index contributed by atoms with van der Waals surface area (Å²) >= 11 is 0. The highest BCUT2D eigenvalue weighted by molar-refractivity contribution is 5.96. The molecular weight excluding hydrogens is 215 g/mol.